The molecule has 2 aliphatic rings. The topological polar surface area (TPSA) is 67.5 Å². The molecule has 0 aromatic carbocycles. The fourth-order valence-corrected chi connectivity index (χ4v) is 1.88. The van der Waals surface area contributed by atoms with E-state index in [1.54, 1.807) is 12.2 Å². The summed E-state index contributed by atoms with van der Waals surface area (Å²) in [5.74, 6) is 0.101. The number of halogens is 1. The predicted octanol–water partition coefficient (Wildman–Crippen LogP) is 1.01. The van der Waals surface area contributed by atoms with E-state index in [2.05, 4.69) is 26.5 Å². The van der Waals surface area contributed by atoms with Crippen LogP contribution in [0, 0.1) is 16.0 Å². The van der Waals surface area contributed by atoms with Gasteiger partial charge in [-0.2, -0.15) is 5.10 Å². The van der Waals surface area contributed by atoms with Gasteiger partial charge in [0.15, 0.2) is 0 Å². The summed E-state index contributed by atoms with van der Waals surface area (Å²) in [6.45, 7) is 0. The number of hydrogen-bond donors (Lipinski definition) is 1. The molecule has 0 saturated heterocycles. The molecule has 2 rings (SSSR count). The van der Waals surface area contributed by atoms with E-state index in [9.17, 15) is 10.1 Å². The molecule has 0 saturated carbocycles. The highest BCUT2D eigenvalue weighted by Crippen LogP contribution is 2.25. The fourth-order valence-electron chi connectivity index (χ4n) is 1.34. The van der Waals surface area contributed by atoms with Crippen molar-refractivity contribution in [1.29, 1.82) is 0 Å². The van der Waals surface area contributed by atoms with E-state index < -0.39 is 4.92 Å². The van der Waals surface area contributed by atoms with Crippen LogP contribution in [-0.2, 0) is 0 Å². The van der Waals surface area contributed by atoms with Gasteiger partial charge in [0.05, 0.1) is 16.9 Å². The first kappa shape index (κ1) is 8.43. The van der Waals surface area contributed by atoms with Crippen LogP contribution < -0.4 is 5.43 Å². The van der Waals surface area contributed by atoms with Crippen LogP contribution in [-0.4, -0.2) is 15.6 Å². The summed E-state index contributed by atoms with van der Waals surface area (Å²) in [6.07, 6.45) is 4.85. The Kier molecular flexibility index (Phi) is 1.91. The summed E-state index contributed by atoms with van der Waals surface area (Å²) in [6, 6.07) is -0.0835. The molecule has 6 heteroatoms. The largest absolute Gasteiger partial charge is 0.301 e. The number of fused-ring (bicyclic) bond motifs is 1. The van der Waals surface area contributed by atoms with Crippen molar-refractivity contribution in [2.24, 2.45) is 11.0 Å². The van der Waals surface area contributed by atoms with Crippen molar-refractivity contribution in [3.8, 4) is 0 Å². The Morgan fingerprint density at radius 3 is 3.15 bits per heavy atom. The molecule has 0 amide bonds. The third kappa shape index (κ3) is 1.37. The molecule has 5 nitrogen and oxygen atoms in total. The van der Waals surface area contributed by atoms with Gasteiger partial charge in [-0.15, -0.1) is 0 Å². The maximum atomic E-state index is 10.4. The van der Waals surface area contributed by atoms with E-state index in [1.165, 1.54) is 6.08 Å². The summed E-state index contributed by atoms with van der Waals surface area (Å²) in [5, 5.41) is 14.4. The number of hydrogen-bond acceptors (Lipinski definition) is 4. The summed E-state index contributed by atoms with van der Waals surface area (Å²) in [7, 11) is 0. The minimum absolute atomic E-state index is 0.0835. The van der Waals surface area contributed by atoms with E-state index >= 15 is 0 Å². The lowest BCUT2D eigenvalue weighted by Gasteiger charge is -2.14. The predicted molar refractivity (Wildman–Crippen MR) is 51.0 cm³/mol. The van der Waals surface area contributed by atoms with E-state index in [-0.39, 0.29) is 17.7 Å². The molecule has 0 aromatic rings. The third-order valence-corrected chi connectivity index (χ3v) is 2.72. The molecule has 2 unspecified atom stereocenters. The number of allylic oxidation sites excluding steroid dienone is 1. The maximum absolute atomic E-state index is 10.4. The molecule has 2 atom stereocenters. The Balaban J connectivity index is 2.24. The van der Waals surface area contributed by atoms with Crippen LogP contribution in [0.15, 0.2) is 29.0 Å². The summed E-state index contributed by atoms with van der Waals surface area (Å²) >= 11 is 3.27. The molecular formula is C7H6BrN3O2. The van der Waals surface area contributed by atoms with Gasteiger partial charge in [0.25, 0.3) is 5.70 Å². The second-order valence-corrected chi connectivity index (χ2v) is 3.64. The Morgan fingerprint density at radius 1 is 1.69 bits per heavy atom. The Hall–Kier alpha value is -1.17. The lowest BCUT2D eigenvalue weighted by Crippen LogP contribution is -2.28. The highest BCUT2D eigenvalue weighted by atomic mass is 79.9. The fraction of sp³-hybridized carbons (Fsp3) is 0.286. The highest BCUT2D eigenvalue weighted by Gasteiger charge is 2.31. The van der Waals surface area contributed by atoms with Gasteiger partial charge in [-0.1, -0.05) is 6.08 Å². The number of nitro groups is 1. The molecule has 68 valence electrons. The van der Waals surface area contributed by atoms with E-state index in [0.29, 0.717) is 0 Å². The molecule has 1 aliphatic carbocycles. The van der Waals surface area contributed by atoms with Crippen LogP contribution in [0.4, 0.5) is 0 Å². The number of nitrogens with one attached hydrogen (secondary N) is 1. The SMILES string of the molecule is O=[N+]([O-])C1=CC2NN=C(Br)C2C=C1. The zero-order valence-electron chi connectivity index (χ0n) is 6.48. The summed E-state index contributed by atoms with van der Waals surface area (Å²) in [5.41, 5.74) is 2.92. The Bertz CT molecular complexity index is 348. The van der Waals surface area contributed by atoms with Crippen LogP contribution in [0.5, 0.6) is 0 Å². The number of nitrogens with zero attached hydrogens (tertiary/aromatic N) is 2. The average molecular weight is 244 g/mol. The highest BCUT2D eigenvalue weighted by molar-refractivity contribution is 9.18. The molecular weight excluding hydrogens is 238 g/mol. The summed E-state index contributed by atoms with van der Waals surface area (Å²) in [4.78, 5) is 10.0. The number of hydrazone groups is 1. The second kappa shape index (κ2) is 2.95. The zero-order valence-corrected chi connectivity index (χ0v) is 8.06. The quantitative estimate of drug-likeness (QED) is 0.553. The lowest BCUT2D eigenvalue weighted by molar-refractivity contribution is -0.419. The first-order valence-electron chi connectivity index (χ1n) is 3.71. The van der Waals surface area contributed by atoms with Crippen molar-refractivity contribution < 1.29 is 4.92 Å². The first-order chi connectivity index (χ1) is 6.18. The van der Waals surface area contributed by atoms with Gasteiger partial charge < -0.3 is 5.43 Å². The monoisotopic (exact) mass is 243 g/mol. The Labute approximate surface area is 82.5 Å². The van der Waals surface area contributed by atoms with Crippen LogP contribution in [0.1, 0.15) is 0 Å². The van der Waals surface area contributed by atoms with Gasteiger partial charge in [-0.25, -0.2) is 0 Å². The van der Waals surface area contributed by atoms with Gasteiger partial charge in [0.1, 0.15) is 4.62 Å². The van der Waals surface area contributed by atoms with Crippen LogP contribution in [0.3, 0.4) is 0 Å². The minimum atomic E-state index is -0.402. The molecule has 0 bridgehead atoms. The van der Waals surface area contributed by atoms with Crippen LogP contribution in [0.2, 0.25) is 0 Å². The molecule has 1 aliphatic heterocycles. The number of rotatable bonds is 1. The average Bonchev–Trinajstić information content (AvgIpc) is 2.47. The second-order valence-electron chi connectivity index (χ2n) is 2.82. The van der Waals surface area contributed by atoms with Crippen molar-refractivity contribution in [1.82, 2.24) is 5.43 Å². The van der Waals surface area contributed by atoms with Gasteiger partial charge in [0, 0.05) is 12.2 Å². The van der Waals surface area contributed by atoms with E-state index in [0.717, 1.165) is 4.62 Å². The van der Waals surface area contributed by atoms with Crippen LogP contribution in [0.25, 0.3) is 0 Å². The minimum Gasteiger partial charge on any atom is -0.301 e. The molecule has 13 heavy (non-hydrogen) atoms. The molecule has 1 heterocycles. The Morgan fingerprint density at radius 2 is 2.46 bits per heavy atom. The lowest BCUT2D eigenvalue weighted by atomic mass is 9.97. The van der Waals surface area contributed by atoms with E-state index in [4.69, 9.17) is 0 Å². The van der Waals surface area contributed by atoms with Gasteiger partial charge in [-0.3, -0.25) is 10.1 Å². The molecule has 0 fully saturated rings. The third-order valence-electron chi connectivity index (χ3n) is 2.02. The van der Waals surface area contributed by atoms with Gasteiger partial charge in [0.2, 0.25) is 0 Å². The van der Waals surface area contributed by atoms with Crippen molar-refractivity contribution in [2.75, 3.05) is 0 Å². The smallest absolute Gasteiger partial charge is 0.267 e. The van der Waals surface area contributed by atoms with Crippen molar-refractivity contribution in [3.63, 3.8) is 0 Å². The molecule has 1 N–H and O–H groups in total. The summed E-state index contributed by atoms with van der Waals surface area (Å²) < 4.78 is 0.785. The molecule has 0 radical (unpaired) electrons. The van der Waals surface area contributed by atoms with Crippen molar-refractivity contribution in [2.45, 2.75) is 6.04 Å². The maximum Gasteiger partial charge on any atom is 0.267 e. The van der Waals surface area contributed by atoms with Crippen molar-refractivity contribution in [3.05, 3.63) is 34.0 Å². The first-order valence-corrected chi connectivity index (χ1v) is 4.51. The standard InChI is InChI=1S/C7H6BrN3O2/c8-7-5-2-1-4(11(12)13)3-6(5)9-10-7/h1-3,5-6,9H. The van der Waals surface area contributed by atoms with Crippen LogP contribution >= 0.6 is 15.9 Å². The van der Waals surface area contributed by atoms with Gasteiger partial charge in [-0.05, 0) is 15.9 Å². The zero-order chi connectivity index (χ0) is 9.42. The van der Waals surface area contributed by atoms with E-state index in [1.807, 2.05) is 0 Å². The normalized spacial score (nSPS) is 30.2. The molecule has 0 spiro atoms. The molecule has 0 aromatic heterocycles. The van der Waals surface area contributed by atoms with Gasteiger partial charge >= 0.3 is 0 Å². The van der Waals surface area contributed by atoms with Crippen molar-refractivity contribution >= 4 is 20.6 Å².